The van der Waals surface area contributed by atoms with Crippen molar-refractivity contribution in [1.29, 1.82) is 0 Å². The minimum atomic E-state index is 0.0290. The molecule has 4 nitrogen and oxygen atoms in total. The van der Waals surface area contributed by atoms with Gasteiger partial charge in [-0.25, -0.2) is 5.01 Å². The molecule has 2 aliphatic heterocycles. The van der Waals surface area contributed by atoms with Crippen LogP contribution in [-0.4, -0.2) is 47.6 Å². The zero-order valence-corrected chi connectivity index (χ0v) is 10.6. The van der Waals surface area contributed by atoms with Gasteiger partial charge < -0.3 is 5.32 Å². The first-order chi connectivity index (χ1) is 7.65. The molecule has 16 heavy (non-hydrogen) atoms. The molecule has 0 aromatic rings. The molecular weight excluding hydrogens is 202 g/mol. The maximum Gasteiger partial charge on any atom is 0.254 e. The summed E-state index contributed by atoms with van der Waals surface area (Å²) in [6.45, 7) is 5.34. The maximum absolute atomic E-state index is 12.1. The third-order valence-electron chi connectivity index (χ3n) is 3.96. The highest BCUT2D eigenvalue weighted by molar-refractivity contribution is 5.83. The van der Waals surface area contributed by atoms with Gasteiger partial charge in [0.2, 0.25) is 0 Å². The molecule has 3 atom stereocenters. The molecule has 2 fully saturated rings. The lowest BCUT2D eigenvalue weighted by molar-refractivity contribution is -0.157. The zero-order valence-electron chi connectivity index (χ0n) is 10.6. The van der Waals surface area contributed by atoms with Gasteiger partial charge in [0.25, 0.3) is 5.91 Å². The Morgan fingerprint density at radius 1 is 1.19 bits per heavy atom. The van der Waals surface area contributed by atoms with Crippen molar-refractivity contribution in [2.75, 3.05) is 13.6 Å². The maximum atomic E-state index is 12.1. The molecule has 2 heterocycles. The first-order valence-corrected chi connectivity index (χ1v) is 6.42. The highest BCUT2D eigenvalue weighted by Crippen LogP contribution is 2.27. The van der Waals surface area contributed by atoms with Crippen LogP contribution >= 0.6 is 0 Å². The fourth-order valence-electron chi connectivity index (χ4n) is 3.05. The van der Waals surface area contributed by atoms with Crippen LogP contribution in [0.1, 0.15) is 39.5 Å². The number of nitrogens with zero attached hydrogens (tertiary/aromatic N) is 2. The number of hydrogen-bond acceptors (Lipinski definition) is 3. The molecule has 2 aliphatic rings. The standard InChI is InChI=1S/C12H23N3O/c1-9-5-4-6-10(2)15(9)14-8-7-11(13-3)12(14)16/h9-11,13H,4-8H2,1-3H3. The van der Waals surface area contributed by atoms with E-state index in [1.54, 1.807) is 0 Å². The second-order valence-electron chi connectivity index (χ2n) is 5.10. The number of carbonyl (C=O) groups is 1. The molecule has 0 saturated carbocycles. The van der Waals surface area contributed by atoms with Crippen molar-refractivity contribution < 1.29 is 4.79 Å². The first kappa shape index (κ1) is 11.9. The molecule has 0 radical (unpaired) electrons. The lowest BCUT2D eigenvalue weighted by Gasteiger charge is -2.44. The SMILES string of the molecule is CNC1CCN(N2C(C)CCCC2C)C1=O. The van der Waals surface area contributed by atoms with Gasteiger partial charge in [-0.3, -0.25) is 9.80 Å². The van der Waals surface area contributed by atoms with E-state index in [-0.39, 0.29) is 11.9 Å². The third kappa shape index (κ3) is 1.96. The second kappa shape index (κ2) is 4.72. The number of nitrogens with one attached hydrogen (secondary N) is 1. The van der Waals surface area contributed by atoms with E-state index in [1.807, 2.05) is 12.1 Å². The lowest BCUT2D eigenvalue weighted by Crippen LogP contribution is -2.56. The van der Waals surface area contributed by atoms with Gasteiger partial charge in [-0.2, -0.15) is 0 Å². The number of rotatable bonds is 2. The van der Waals surface area contributed by atoms with Crippen molar-refractivity contribution in [3.63, 3.8) is 0 Å². The van der Waals surface area contributed by atoms with Gasteiger partial charge in [-0.15, -0.1) is 0 Å². The van der Waals surface area contributed by atoms with Crippen LogP contribution in [0.15, 0.2) is 0 Å². The summed E-state index contributed by atoms with van der Waals surface area (Å²) in [5, 5.41) is 7.39. The van der Waals surface area contributed by atoms with E-state index in [0.29, 0.717) is 12.1 Å². The van der Waals surface area contributed by atoms with Crippen LogP contribution in [0.4, 0.5) is 0 Å². The quantitative estimate of drug-likeness (QED) is 0.761. The van der Waals surface area contributed by atoms with Crippen LogP contribution < -0.4 is 5.32 Å². The molecule has 0 aromatic heterocycles. The molecular formula is C12H23N3O. The number of amides is 1. The summed E-state index contributed by atoms with van der Waals surface area (Å²) in [7, 11) is 1.87. The van der Waals surface area contributed by atoms with E-state index < -0.39 is 0 Å². The summed E-state index contributed by atoms with van der Waals surface area (Å²) in [5.41, 5.74) is 0. The molecule has 2 saturated heterocycles. The van der Waals surface area contributed by atoms with Crippen molar-refractivity contribution in [2.24, 2.45) is 0 Å². The number of likely N-dealkylation sites (N-methyl/N-ethyl adjacent to an activating group) is 1. The Morgan fingerprint density at radius 3 is 2.31 bits per heavy atom. The van der Waals surface area contributed by atoms with E-state index in [2.05, 4.69) is 24.2 Å². The van der Waals surface area contributed by atoms with Gasteiger partial charge >= 0.3 is 0 Å². The van der Waals surface area contributed by atoms with E-state index in [4.69, 9.17) is 0 Å². The average molecular weight is 225 g/mol. The first-order valence-electron chi connectivity index (χ1n) is 6.42. The largest absolute Gasteiger partial charge is 0.309 e. The van der Waals surface area contributed by atoms with Gasteiger partial charge in [-0.1, -0.05) is 6.42 Å². The van der Waals surface area contributed by atoms with Crippen LogP contribution in [0, 0.1) is 0 Å². The molecule has 92 valence electrons. The lowest BCUT2D eigenvalue weighted by atomic mass is 9.99. The number of carbonyl (C=O) groups excluding carboxylic acids is 1. The molecule has 0 aliphatic carbocycles. The van der Waals surface area contributed by atoms with Crippen molar-refractivity contribution in [3.05, 3.63) is 0 Å². The summed E-state index contributed by atoms with van der Waals surface area (Å²) in [4.78, 5) is 12.1. The van der Waals surface area contributed by atoms with Crippen molar-refractivity contribution in [2.45, 2.75) is 57.7 Å². The minimum Gasteiger partial charge on any atom is -0.309 e. The Kier molecular flexibility index (Phi) is 3.50. The Hall–Kier alpha value is -0.610. The molecule has 0 spiro atoms. The summed E-state index contributed by atoms with van der Waals surface area (Å²) >= 11 is 0. The molecule has 4 heteroatoms. The Labute approximate surface area is 97.9 Å². The van der Waals surface area contributed by atoms with Crippen molar-refractivity contribution in [3.8, 4) is 0 Å². The fourth-order valence-corrected chi connectivity index (χ4v) is 3.05. The number of hydrogen-bond donors (Lipinski definition) is 1. The third-order valence-corrected chi connectivity index (χ3v) is 3.96. The Balaban J connectivity index is 2.09. The van der Waals surface area contributed by atoms with Crippen LogP contribution in [0.3, 0.4) is 0 Å². The Bertz CT molecular complexity index is 259. The van der Waals surface area contributed by atoms with Crippen LogP contribution in [-0.2, 0) is 4.79 Å². The van der Waals surface area contributed by atoms with Gasteiger partial charge in [0.05, 0.1) is 6.04 Å². The van der Waals surface area contributed by atoms with Crippen molar-refractivity contribution in [1.82, 2.24) is 15.3 Å². The monoisotopic (exact) mass is 225 g/mol. The molecule has 0 aromatic carbocycles. The van der Waals surface area contributed by atoms with Gasteiger partial charge in [0, 0.05) is 18.6 Å². The van der Waals surface area contributed by atoms with E-state index in [9.17, 15) is 4.79 Å². The zero-order chi connectivity index (χ0) is 11.7. The van der Waals surface area contributed by atoms with Crippen LogP contribution in [0.2, 0.25) is 0 Å². The predicted octanol–water partition coefficient (Wildman–Crippen LogP) is 0.985. The van der Waals surface area contributed by atoms with E-state index in [0.717, 1.165) is 13.0 Å². The van der Waals surface area contributed by atoms with Crippen LogP contribution in [0.5, 0.6) is 0 Å². The molecule has 2 rings (SSSR count). The molecule has 1 N–H and O–H groups in total. The summed E-state index contributed by atoms with van der Waals surface area (Å²) < 4.78 is 0. The summed E-state index contributed by atoms with van der Waals surface area (Å²) in [6.07, 6.45) is 4.64. The normalized spacial score (nSPS) is 37.1. The highest BCUT2D eigenvalue weighted by atomic mass is 16.2. The van der Waals surface area contributed by atoms with Crippen LogP contribution in [0.25, 0.3) is 0 Å². The number of piperidine rings is 1. The van der Waals surface area contributed by atoms with Crippen molar-refractivity contribution >= 4 is 5.91 Å². The highest BCUT2D eigenvalue weighted by Gasteiger charge is 2.39. The van der Waals surface area contributed by atoms with E-state index in [1.165, 1.54) is 19.3 Å². The average Bonchev–Trinajstić information content (AvgIpc) is 2.60. The molecule has 0 bridgehead atoms. The summed E-state index contributed by atoms with van der Waals surface area (Å²) in [5.74, 6) is 0.253. The molecule has 3 unspecified atom stereocenters. The predicted molar refractivity (Wildman–Crippen MR) is 63.8 cm³/mol. The topological polar surface area (TPSA) is 35.6 Å². The number of hydrazine groups is 1. The van der Waals surface area contributed by atoms with E-state index >= 15 is 0 Å². The smallest absolute Gasteiger partial charge is 0.254 e. The minimum absolute atomic E-state index is 0.0290. The van der Waals surface area contributed by atoms with Gasteiger partial charge in [0.15, 0.2) is 0 Å². The molecule has 1 amide bonds. The second-order valence-corrected chi connectivity index (χ2v) is 5.10. The Morgan fingerprint density at radius 2 is 1.81 bits per heavy atom. The van der Waals surface area contributed by atoms with Gasteiger partial charge in [0.1, 0.15) is 0 Å². The summed E-state index contributed by atoms with van der Waals surface area (Å²) in [6, 6.07) is 1.04. The fraction of sp³-hybridized carbons (Fsp3) is 0.917. The van der Waals surface area contributed by atoms with Gasteiger partial charge in [-0.05, 0) is 40.2 Å².